The Hall–Kier alpha value is -7.17. The fourth-order valence-corrected chi connectivity index (χ4v) is 9.37. The molecule has 2 aliphatic carbocycles. The zero-order valence-electron chi connectivity index (χ0n) is 31.4. The molecule has 4 heteroatoms. The van der Waals surface area contributed by atoms with Crippen molar-refractivity contribution in [3.63, 3.8) is 0 Å². The lowest BCUT2D eigenvalue weighted by molar-refractivity contribution is 0.434. The average molecular weight is 732 g/mol. The second kappa shape index (κ2) is 13.2. The largest absolute Gasteiger partial charge is 0.456 e. The molecule has 1 atom stereocenters. The number of hydrogen-bond acceptors (Lipinski definition) is 4. The molecule has 1 aromatic heterocycles. The quantitative estimate of drug-likeness (QED) is 0.177. The van der Waals surface area contributed by atoms with Gasteiger partial charge in [0.2, 0.25) is 0 Å². The SMILES string of the molecule is CC1CC=CC(c2nc(-c3ccccc3)nc(-c3cccc(-c4ccccc4)c3)n2)=C1c1cccc2c1Oc1ccccc1C21c2ccccc2-c2ccccc21. The molecule has 0 N–H and O–H groups in total. The van der Waals surface area contributed by atoms with Gasteiger partial charge in [0, 0.05) is 33.4 Å². The van der Waals surface area contributed by atoms with Gasteiger partial charge in [-0.05, 0) is 63.4 Å². The van der Waals surface area contributed by atoms with Gasteiger partial charge < -0.3 is 4.74 Å². The molecule has 0 radical (unpaired) electrons. The second-order valence-electron chi connectivity index (χ2n) is 15.1. The average Bonchev–Trinajstić information content (AvgIpc) is 3.57. The van der Waals surface area contributed by atoms with E-state index < -0.39 is 5.41 Å². The summed E-state index contributed by atoms with van der Waals surface area (Å²) in [5, 5.41) is 0. The summed E-state index contributed by atoms with van der Waals surface area (Å²) >= 11 is 0. The van der Waals surface area contributed by atoms with Crippen molar-refractivity contribution in [1.29, 1.82) is 0 Å². The Morgan fingerprint density at radius 3 is 1.74 bits per heavy atom. The van der Waals surface area contributed by atoms with Gasteiger partial charge >= 0.3 is 0 Å². The van der Waals surface area contributed by atoms with Crippen LogP contribution in [0.2, 0.25) is 0 Å². The van der Waals surface area contributed by atoms with E-state index in [-0.39, 0.29) is 5.92 Å². The molecule has 2 heterocycles. The number of benzene rings is 7. The lowest BCUT2D eigenvalue weighted by atomic mass is 9.65. The molecule has 1 spiro atoms. The van der Waals surface area contributed by atoms with Crippen molar-refractivity contribution in [3.05, 3.63) is 222 Å². The third-order valence-corrected chi connectivity index (χ3v) is 11.9. The molecule has 11 rings (SSSR count). The molecule has 0 saturated carbocycles. The fraction of sp³-hybridized carbons (Fsp3) is 0.0755. The summed E-state index contributed by atoms with van der Waals surface area (Å²) in [6.45, 7) is 2.30. The minimum absolute atomic E-state index is 0.165. The molecule has 270 valence electrons. The van der Waals surface area contributed by atoms with Crippen molar-refractivity contribution in [2.24, 2.45) is 5.92 Å². The molecule has 3 aliphatic rings. The first-order chi connectivity index (χ1) is 28.2. The van der Waals surface area contributed by atoms with E-state index in [2.05, 4.69) is 171 Å². The third-order valence-electron chi connectivity index (χ3n) is 11.9. The molecule has 57 heavy (non-hydrogen) atoms. The lowest BCUT2D eigenvalue weighted by Gasteiger charge is -2.40. The maximum atomic E-state index is 7.14. The van der Waals surface area contributed by atoms with Gasteiger partial charge in [0.25, 0.3) is 0 Å². The van der Waals surface area contributed by atoms with Crippen molar-refractivity contribution in [2.75, 3.05) is 0 Å². The van der Waals surface area contributed by atoms with Crippen LogP contribution < -0.4 is 4.74 Å². The number of para-hydroxylation sites is 2. The lowest BCUT2D eigenvalue weighted by Crippen LogP contribution is -2.32. The first-order valence-corrected chi connectivity index (χ1v) is 19.7. The predicted octanol–water partition coefficient (Wildman–Crippen LogP) is 12.8. The van der Waals surface area contributed by atoms with Gasteiger partial charge in [-0.15, -0.1) is 0 Å². The molecule has 7 aromatic carbocycles. The van der Waals surface area contributed by atoms with Crippen LogP contribution in [-0.2, 0) is 5.41 Å². The monoisotopic (exact) mass is 731 g/mol. The zero-order valence-corrected chi connectivity index (χ0v) is 31.4. The molecule has 8 aromatic rings. The molecule has 0 fully saturated rings. The van der Waals surface area contributed by atoms with Gasteiger partial charge in [0.1, 0.15) is 11.5 Å². The summed E-state index contributed by atoms with van der Waals surface area (Å²) in [6, 6.07) is 62.1. The van der Waals surface area contributed by atoms with Crippen LogP contribution in [0.15, 0.2) is 188 Å². The van der Waals surface area contributed by atoms with Gasteiger partial charge in [0.15, 0.2) is 17.5 Å². The Morgan fingerprint density at radius 1 is 0.474 bits per heavy atom. The maximum absolute atomic E-state index is 7.14. The highest BCUT2D eigenvalue weighted by atomic mass is 16.5. The number of hydrogen-bond donors (Lipinski definition) is 0. The predicted molar refractivity (Wildman–Crippen MR) is 230 cm³/mol. The van der Waals surface area contributed by atoms with Crippen molar-refractivity contribution in [3.8, 4) is 56.5 Å². The Balaban J connectivity index is 1.16. The van der Waals surface area contributed by atoms with Crippen LogP contribution in [-0.4, -0.2) is 15.0 Å². The summed E-state index contributed by atoms with van der Waals surface area (Å²) < 4.78 is 7.14. The summed E-state index contributed by atoms with van der Waals surface area (Å²) in [7, 11) is 0. The first kappa shape index (κ1) is 33.2. The van der Waals surface area contributed by atoms with E-state index in [4.69, 9.17) is 19.7 Å². The molecular formula is C53H37N3O. The molecule has 1 unspecified atom stereocenters. The molecule has 1 aliphatic heterocycles. The van der Waals surface area contributed by atoms with E-state index >= 15 is 0 Å². The molecule has 0 saturated heterocycles. The number of allylic oxidation sites excluding steroid dienone is 4. The molecule has 0 amide bonds. The topological polar surface area (TPSA) is 47.9 Å². The van der Waals surface area contributed by atoms with E-state index in [1.807, 2.05) is 24.3 Å². The number of aromatic nitrogens is 3. The standard InChI is InChI=1S/C53H37N3O/c1-34-17-14-27-42(52-55-50(36-20-6-3-7-21-36)54-51(56-52)38-23-15-22-37(33-38)35-18-4-2-5-19-35)48(34)41-26-16-31-46-49(41)57-47-32-13-12-30-45(47)53(46)43-28-10-8-24-39(43)40-25-9-11-29-44(40)53/h2-16,18-34H,17H2,1H3. The van der Waals surface area contributed by atoms with Crippen LogP contribution >= 0.6 is 0 Å². The maximum Gasteiger partial charge on any atom is 0.164 e. The van der Waals surface area contributed by atoms with Gasteiger partial charge in [-0.3, -0.25) is 0 Å². The van der Waals surface area contributed by atoms with Crippen LogP contribution in [0.25, 0.3) is 56.2 Å². The van der Waals surface area contributed by atoms with Crippen molar-refractivity contribution < 1.29 is 4.74 Å². The van der Waals surface area contributed by atoms with E-state index in [1.165, 1.54) is 22.3 Å². The number of nitrogens with zero attached hydrogens (tertiary/aromatic N) is 3. The summed E-state index contributed by atoms with van der Waals surface area (Å²) in [6.07, 6.45) is 5.34. The minimum atomic E-state index is -0.549. The molecule has 0 bridgehead atoms. The Kier molecular flexibility index (Phi) is 7.71. The van der Waals surface area contributed by atoms with E-state index in [1.54, 1.807) is 0 Å². The van der Waals surface area contributed by atoms with Gasteiger partial charge in [0.05, 0.1) is 5.41 Å². The normalized spacial score (nSPS) is 15.7. The van der Waals surface area contributed by atoms with E-state index in [9.17, 15) is 0 Å². The number of rotatable bonds is 5. The van der Waals surface area contributed by atoms with Crippen LogP contribution in [0, 0.1) is 5.92 Å². The molecular weight excluding hydrogens is 695 g/mol. The summed E-state index contributed by atoms with van der Waals surface area (Å²) in [4.78, 5) is 15.7. The Morgan fingerprint density at radius 2 is 1.00 bits per heavy atom. The number of ether oxygens (including phenoxy) is 1. The van der Waals surface area contributed by atoms with Crippen LogP contribution in [0.1, 0.15) is 47.0 Å². The van der Waals surface area contributed by atoms with E-state index in [0.29, 0.717) is 17.5 Å². The Labute approximate surface area is 332 Å². The van der Waals surface area contributed by atoms with Crippen molar-refractivity contribution in [2.45, 2.75) is 18.8 Å². The fourth-order valence-electron chi connectivity index (χ4n) is 9.37. The van der Waals surface area contributed by atoms with Gasteiger partial charge in [-0.25, -0.2) is 15.0 Å². The second-order valence-corrected chi connectivity index (χ2v) is 15.1. The van der Waals surface area contributed by atoms with Crippen molar-refractivity contribution in [1.82, 2.24) is 15.0 Å². The summed E-state index contributed by atoms with van der Waals surface area (Å²) in [5.41, 5.74) is 14.2. The highest BCUT2D eigenvalue weighted by Crippen LogP contribution is 2.63. The zero-order chi connectivity index (χ0) is 37.9. The van der Waals surface area contributed by atoms with Crippen LogP contribution in [0.4, 0.5) is 0 Å². The van der Waals surface area contributed by atoms with Crippen LogP contribution in [0.5, 0.6) is 11.5 Å². The minimum Gasteiger partial charge on any atom is -0.456 e. The molecule has 4 nitrogen and oxygen atoms in total. The highest BCUT2D eigenvalue weighted by Gasteiger charge is 2.51. The van der Waals surface area contributed by atoms with Gasteiger partial charge in [-0.1, -0.05) is 183 Å². The van der Waals surface area contributed by atoms with Gasteiger partial charge in [-0.2, -0.15) is 0 Å². The first-order valence-electron chi connectivity index (χ1n) is 19.7. The van der Waals surface area contributed by atoms with E-state index in [0.717, 1.165) is 68.0 Å². The Bertz CT molecular complexity index is 2880. The van der Waals surface area contributed by atoms with Crippen LogP contribution in [0.3, 0.4) is 0 Å². The summed E-state index contributed by atoms with van der Waals surface area (Å²) in [5.74, 6) is 3.83. The number of fused-ring (bicyclic) bond motifs is 9. The smallest absolute Gasteiger partial charge is 0.164 e. The third kappa shape index (κ3) is 5.18. The highest BCUT2D eigenvalue weighted by molar-refractivity contribution is 5.99. The van der Waals surface area contributed by atoms with Crippen molar-refractivity contribution >= 4 is 11.1 Å².